The van der Waals surface area contributed by atoms with E-state index in [1.54, 1.807) is 12.1 Å². The zero-order chi connectivity index (χ0) is 29.0. The van der Waals surface area contributed by atoms with Crippen LogP contribution in [-0.4, -0.2) is 54.0 Å². The summed E-state index contributed by atoms with van der Waals surface area (Å²) in [6.07, 6.45) is 3.95. The standard InChI is InChI=1S/C31H32BrN3O5S/c32-24-12-8-11-23(19-24)21-34(27(20-22-9-2-1-3-10-22)30(37)33-25-13-4-5-14-25)29(36)17-18-35-31(38)26-15-6-7-16-28(26)41(35,39)40/h1-3,6-12,15-16,19,25,27H,4-5,13-14,17-18,20-21H2,(H,33,37). The van der Waals surface area contributed by atoms with Crippen LogP contribution in [-0.2, 0) is 32.6 Å². The summed E-state index contributed by atoms with van der Waals surface area (Å²) in [7, 11) is -4.05. The summed E-state index contributed by atoms with van der Waals surface area (Å²) in [5, 5.41) is 3.16. The van der Waals surface area contributed by atoms with Gasteiger partial charge in [-0.1, -0.05) is 83.4 Å². The van der Waals surface area contributed by atoms with E-state index in [-0.39, 0.29) is 41.9 Å². The highest BCUT2D eigenvalue weighted by molar-refractivity contribution is 9.10. The van der Waals surface area contributed by atoms with Gasteiger partial charge in [-0.15, -0.1) is 0 Å². The molecule has 2 aliphatic rings. The summed E-state index contributed by atoms with van der Waals surface area (Å²) in [4.78, 5) is 42.2. The fraction of sp³-hybridized carbons (Fsp3) is 0.323. The second kappa shape index (κ2) is 12.6. The second-order valence-corrected chi connectivity index (χ2v) is 13.2. The Morgan fingerprint density at radius 1 is 0.951 bits per heavy atom. The van der Waals surface area contributed by atoms with Crippen LogP contribution in [0, 0.1) is 0 Å². The van der Waals surface area contributed by atoms with E-state index in [1.165, 1.54) is 17.0 Å². The van der Waals surface area contributed by atoms with Crippen molar-refractivity contribution in [2.24, 2.45) is 0 Å². The maximum atomic E-state index is 14.0. The Balaban J connectivity index is 1.43. The Morgan fingerprint density at radius 3 is 2.34 bits per heavy atom. The van der Waals surface area contributed by atoms with E-state index in [4.69, 9.17) is 0 Å². The van der Waals surface area contributed by atoms with E-state index in [0.29, 0.717) is 6.42 Å². The minimum absolute atomic E-state index is 0.0543. The molecule has 1 saturated carbocycles. The Bertz CT molecular complexity index is 1540. The van der Waals surface area contributed by atoms with Gasteiger partial charge in [0.2, 0.25) is 11.8 Å². The molecular formula is C31H32BrN3O5S. The Labute approximate surface area is 248 Å². The van der Waals surface area contributed by atoms with Crippen LogP contribution in [0.2, 0.25) is 0 Å². The van der Waals surface area contributed by atoms with Crippen LogP contribution in [0.25, 0.3) is 0 Å². The average molecular weight is 639 g/mol. The van der Waals surface area contributed by atoms with E-state index < -0.39 is 27.9 Å². The van der Waals surface area contributed by atoms with Gasteiger partial charge in [0.15, 0.2) is 0 Å². The molecule has 41 heavy (non-hydrogen) atoms. The largest absolute Gasteiger partial charge is 0.352 e. The number of fused-ring (bicyclic) bond motifs is 1. The van der Waals surface area contributed by atoms with Crippen molar-refractivity contribution in [2.45, 2.75) is 62.0 Å². The zero-order valence-corrected chi connectivity index (χ0v) is 24.9. The normalized spacial score (nSPS) is 16.8. The number of sulfonamides is 1. The molecule has 3 amide bonds. The molecule has 1 aliphatic heterocycles. The predicted octanol–water partition coefficient (Wildman–Crippen LogP) is 4.68. The number of amides is 3. The predicted molar refractivity (Wildman–Crippen MR) is 158 cm³/mol. The van der Waals surface area contributed by atoms with Gasteiger partial charge in [-0.05, 0) is 48.2 Å². The monoisotopic (exact) mass is 637 g/mol. The second-order valence-electron chi connectivity index (χ2n) is 10.5. The molecule has 1 atom stereocenters. The van der Waals surface area contributed by atoms with Crippen LogP contribution in [0.1, 0.15) is 53.6 Å². The summed E-state index contributed by atoms with van der Waals surface area (Å²) in [6, 6.07) is 22.3. The van der Waals surface area contributed by atoms with Gasteiger partial charge in [0.05, 0.1) is 5.56 Å². The number of nitrogens with one attached hydrogen (secondary N) is 1. The number of halogens is 1. The van der Waals surface area contributed by atoms with E-state index in [1.807, 2.05) is 54.6 Å². The fourth-order valence-corrected chi connectivity index (χ4v) is 7.56. The highest BCUT2D eigenvalue weighted by Crippen LogP contribution is 2.30. The molecule has 5 rings (SSSR count). The highest BCUT2D eigenvalue weighted by Gasteiger charge is 2.41. The minimum atomic E-state index is -4.05. The average Bonchev–Trinajstić information content (AvgIpc) is 3.54. The van der Waals surface area contributed by atoms with Crippen LogP contribution in [0.3, 0.4) is 0 Å². The first kappa shape index (κ1) is 29.0. The summed E-state index contributed by atoms with van der Waals surface area (Å²) in [5.74, 6) is -1.29. The molecule has 3 aromatic rings. The first-order valence-electron chi connectivity index (χ1n) is 13.8. The van der Waals surface area contributed by atoms with Crippen molar-refractivity contribution in [3.63, 3.8) is 0 Å². The third kappa shape index (κ3) is 6.54. The van der Waals surface area contributed by atoms with Gasteiger partial charge in [-0.25, -0.2) is 12.7 Å². The molecule has 0 aromatic heterocycles. The third-order valence-corrected chi connectivity index (χ3v) is 9.99. The van der Waals surface area contributed by atoms with Gasteiger partial charge in [-0.3, -0.25) is 14.4 Å². The molecule has 0 radical (unpaired) electrons. The molecule has 10 heteroatoms. The molecule has 1 heterocycles. The van der Waals surface area contributed by atoms with Crippen molar-refractivity contribution in [3.05, 3.63) is 100 Å². The molecule has 0 spiro atoms. The van der Waals surface area contributed by atoms with Crippen LogP contribution in [0.5, 0.6) is 0 Å². The molecule has 3 aromatic carbocycles. The topological polar surface area (TPSA) is 104 Å². The number of hydrogen-bond donors (Lipinski definition) is 1. The van der Waals surface area contributed by atoms with Crippen LogP contribution in [0.15, 0.2) is 88.2 Å². The molecule has 1 unspecified atom stereocenters. The van der Waals surface area contributed by atoms with Gasteiger partial charge >= 0.3 is 0 Å². The number of carbonyl (C=O) groups excluding carboxylic acids is 3. The number of rotatable bonds is 10. The van der Waals surface area contributed by atoms with Crippen molar-refractivity contribution in [2.75, 3.05) is 6.54 Å². The van der Waals surface area contributed by atoms with Gasteiger partial charge in [0.25, 0.3) is 15.9 Å². The van der Waals surface area contributed by atoms with Gasteiger partial charge in [-0.2, -0.15) is 0 Å². The molecule has 0 saturated heterocycles. The lowest BCUT2D eigenvalue weighted by atomic mass is 10.0. The summed E-state index contributed by atoms with van der Waals surface area (Å²) < 4.78 is 27.8. The van der Waals surface area contributed by atoms with Crippen molar-refractivity contribution in [1.82, 2.24) is 14.5 Å². The van der Waals surface area contributed by atoms with Gasteiger partial charge in [0.1, 0.15) is 10.9 Å². The molecule has 1 aliphatic carbocycles. The maximum Gasteiger partial charge on any atom is 0.269 e. The molecule has 1 N–H and O–H groups in total. The quantitative estimate of drug-likeness (QED) is 0.348. The first-order chi connectivity index (χ1) is 19.7. The SMILES string of the molecule is O=C(NC1CCCC1)C(Cc1ccccc1)N(Cc1cccc(Br)c1)C(=O)CCN1C(=O)c2ccccc2S1(=O)=O. The summed E-state index contributed by atoms with van der Waals surface area (Å²) >= 11 is 3.48. The highest BCUT2D eigenvalue weighted by atomic mass is 79.9. The summed E-state index contributed by atoms with van der Waals surface area (Å²) in [5.41, 5.74) is 1.82. The van der Waals surface area contributed by atoms with E-state index in [0.717, 1.165) is 45.6 Å². The first-order valence-corrected chi connectivity index (χ1v) is 16.0. The number of carbonyl (C=O) groups is 3. The Morgan fingerprint density at radius 2 is 1.63 bits per heavy atom. The van der Waals surface area contributed by atoms with Crippen molar-refractivity contribution in [1.29, 1.82) is 0 Å². The molecular weight excluding hydrogens is 606 g/mol. The van der Waals surface area contributed by atoms with Crippen LogP contribution < -0.4 is 5.32 Å². The van der Waals surface area contributed by atoms with E-state index in [9.17, 15) is 22.8 Å². The van der Waals surface area contributed by atoms with E-state index in [2.05, 4.69) is 21.2 Å². The van der Waals surface area contributed by atoms with Crippen molar-refractivity contribution in [3.8, 4) is 0 Å². The number of nitrogens with zero attached hydrogens (tertiary/aromatic N) is 2. The smallest absolute Gasteiger partial charge is 0.269 e. The maximum absolute atomic E-state index is 14.0. The van der Waals surface area contributed by atoms with E-state index >= 15 is 0 Å². The third-order valence-electron chi connectivity index (χ3n) is 7.66. The van der Waals surface area contributed by atoms with Crippen LogP contribution >= 0.6 is 15.9 Å². The van der Waals surface area contributed by atoms with Gasteiger partial charge in [0, 0.05) is 36.4 Å². The van der Waals surface area contributed by atoms with Crippen molar-refractivity contribution >= 4 is 43.7 Å². The minimum Gasteiger partial charge on any atom is -0.352 e. The van der Waals surface area contributed by atoms with Gasteiger partial charge < -0.3 is 10.2 Å². The lowest BCUT2D eigenvalue weighted by molar-refractivity contribution is -0.141. The lowest BCUT2D eigenvalue weighted by Crippen LogP contribution is -2.52. The van der Waals surface area contributed by atoms with Crippen molar-refractivity contribution < 1.29 is 22.8 Å². The zero-order valence-electron chi connectivity index (χ0n) is 22.5. The number of benzene rings is 3. The Hall–Kier alpha value is -3.50. The summed E-state index contributed by atoms with van der Waals surface area (Å²) in [6.45, 7) is -0.166. The lowest BCUT2D eigenvalue weighted by Gasteiger charge is -2.33. The number of hydrogen-bond acceptors (Lipinski definition) is 5. The van der Waals surface area contributed by atoms with Crippen LogP contribution in [0.4, 0.5) is 0 Å². The fourth-order valence-electron chi connectivity index (χ4n) is 5.55. The Kier molecular flexibility index (Phi) is 8.89. The molecule has 0 bridgehead atoms. The molecule has 1 fully saturated rings. The molecule has 8 nitrogen and oxygen atoms in total. The molecule has 214 valence electrons.